The summed E-state index contributed by atoms with van der Waals surface area (Å²) in [4.78, 5) is 40.4. The predicted molar refractivity (Wildman–Crippen MR) is 144 cm³/mol. The maximum absolute atomic E-state index is 14.9. The number of methoxy groups -OCH3 is 1. The summed E-state index contributed by atoms with van der Waals surface area (Å²) in [6.07, 6.45) is -3.55. The monoisotopic (exact) mass is 659 g/mol. The molecule has 1 fully saturated rings. The van der Waals surface area contributed by atoms with Crippen LogP contribution in [0.2, 0.25) is 0 Å². The van der Waals surface area contributed by atoms with Gasteiger partial charge in [0.1, 0.15) is 16.1 Å². The second kappa shape index (κ2) is 11.2. The maximum Gasteiger partial charge on any atom is 0.410 e. The highest BCUT2D eigenvalue weighted by Gasteiger charge is 2.53. The smallest absolute Gasteiger partial charge is 0.410 e. The molecule has 2 amide bonds. The van der Waals surface area contributed by atoms with E-state index in [0.29, 0.717) is 3.79 Å². The number of thiophene rings is 1. The first-order valence-corrected chi connectivity index (χ1v) is 14.1. The van der Waals surface area contributed by atoms with Gasteiger partial charge in [-0.25, -0.2) is 31.9 Å². The normalized spacial score (nSPS) is 20.9. The molecule has 2 atom stereocenters. The molecule has 226 valence electrons. The quantitative estimate of drug-likeness (QED) is 0.241. The van der Waals surface area contributed by atoms with Gasteiger partial charge in [-0.1, -0.05) is 0 Å². The number of nitrogens with one attached hydrogen (secondary N) is 1. The Labute approximate surface area is 242 Å². The fourth-order valence-electron chi connectivity index (χ4n) is 4.66. The molecule has 0 unspecified atom stereocenters. The number of anilines is 1. The molecule has 1 N–H and O–H groups in total. The summed E-state index contributed by atoms with van der Waals surface area (Å²) < 4.78 is 75.2. The molecule has 0 bridgehead atoms. The molecule has 2 aliphatic heterocycles. The molecule has 3 heterocycles. The van der Waals surface area contributed by atoms with E-state index in [1.165, 1.54) is 0 Å². The molecule has 15 heteroatoms. The lowest BCUT2D eigenvalue weighted by atomic mass is 9.98. The molecule has 3 rings (SSSR count). The van der Waals surface area contributed by atoms with Crippen molar-refractivity contribution in [1.82, 2.24) is 10.2 Å². The summed E-state index contributed by atoms with van der Waals surface area (Å²) >= 11 is 4.16. The molecule has 40 heavy (non-hydrogen) atoms. The van der Waals surface area contributed by atoms with Gasteiger partial charge in [-0.15, -0.1) is 11.3 Å². The number of alkyl halides is 4. The van der Waals surface area contributed by atoms with E-state index in [9.17, 15) is 31.9 Å². The molecule has 1 aromatic heterocycles. The van der Waals surface area contributed by atoms with E-state index in [4.69, 9.17) is 14.2 Å². The Bertz CT molecular complexity index is 1150. The number of ether oxygens (including phenoxy) is 3. The summed E-state index contributed by atoms with van der Waals surface area (Å²) in [5.74, 6) is -7.35. The number of esters is 1. The van der Waals surface area contributed by atoms with Crippen LogP contribution >= 0.6 is 27.3 Å². The van der Waals surface area contributed by atoms with Crippen molar-refractivity contribution in [1.29, 1.82) is 0 Å². The zero-order valence-electron chi connectivity index (χ0n) is 23.3. The van der Waals surface area contributed by atoms with E-state index in [2.05, 4.69) is 21.2 Å². The molecule has 2 aliphatic rings. The Morgan fingerprint density at radius 2 is 1.65 bits per heavy atom. The van der Waals surface area contributed by atoms with Gasteiger partial charge >= 0.3 is 18.2 Å². The zero-order chi connectivity index (χ0) is 30.4. The molecule has 0 saturated carbocycles. The number of hydrogen-bond donors (Lipinski definition) is 1. The minimum absolute atomic E-state index is 0.0386. The molecule has 1 aromatic rings. The first kappa shape index (κ1) is 32.2. The highest BCUT2D eigenvalue weighted by molar-refractivity contribution is 9.11. The molecular weight excluding hydrogens is 626 g/mol. The largest absolute Gasteiger partial charge is 0.465 e. The Morgan fingerprint density at radius 1 is 1.05 bits per heavy atom. The molecule has 0 aromatic carbocycles. The predicted octanol–water partition coefficient (Wildman–Crippen LogP) is 5.83. The van der Waals surface area contributed by atoms with Crippen molar-refractivity contribution in [2.24, 2.45) is 0 Å². The number of carbonyl (C=O) groups excluding carboxylic acids is 3. The summed E-state index contributed by atoms with van der Waals surface area (Å²) in [6.45, 7) is 7.21. The molecule has 9 nitrogen and oxygen atoms in total. The third-order valence-corrected chi connectivity index (χ3v) is 7.95. The first-order valence-electron chi connectivity index (χ1n) is 12.5. The van der Waals surface area contributed by atoms with Crippen molar-refractivity contribution in [3.63, 3.8) is 0 Å². The average molecular weight is 661 g/mol. The van der Waals surface area contributed by atoms with E-state index in [-0.39, 0.29) is 16.1 Å². The van der Waals surface area contributed by atoms with E-state index >= 15 is 0 Å². The van der Waals surface area contributed by atoms with Crippen LogP contribution in [0.3, 0.4) is 0 Å². The number of fused-ring (bicyclic) bond motifs is 1. The van der Waals surface area contributed by atoms with E-state index in [1.54, 1.807) is 41.5 Å². The topological polar surface area (TPSA) is 97.4 Å². The zero-order valence-corrected chi connectivity index (χ0v) is 25.7. The molecule has 0 aliphatic carbocycles. The Kier molecular flexibility index (Phi) is 9.01. The summed E-state index contributed by atoms with van der Waals surface area (Å²) in [5.41, 5.74) is -1.66. The van der Waals surface area contributed by atoms with E-state index in [1.807, 2.05) is 0 Å². The lowest BCUT2D eigenvalue weighted by Gasteiger charge is -2.40. The van der Waals surface area contributed by atoms with Crippen molar-refractivity contribution >= 4 is 51.1 Å². The highest BCUT2D eigenvalue weighted by atomic mass is 79.9. The minimum Gasteiger partial charge on any atom is -0.465 e. The van der Waals surface area contributed by atoms with Crippen LogP contribution in [0.1, 0.15) is 63.2 Å². The number of carbonyl (C=O) groups is 3. The number of likely N-dealkylation sites (tertiary alicyclic amines) is 1. The molecule has 0 radical (unpaired) electrons. The van der Waals surface area contributed by atoms with Crippen LogP contribution in [0.5, 0.6) is 0 Å². The van der Waals surface area contributed by atoms with Gasteiger partial charge in [0.2, 0.25) is 0 Å². The summed E-state index contributed by atoms with van der Waals surface area (Å²) in [7, 11) is 1.15. The third kappa shape index (κ3) is 7.92. The highest BCUT2D eigenvalue weighted by Crippen LogP contribution is 2.47. The summed E-state index contributed by atoms with van der Waals surface area (Å²) in [6, 6.07) is -2.67. The number of amides is 2. The third-order valence-electron chi connectivity index (χ3n) is 6.00. The van der Waals surface area contributed by atoms with Crippen LogP contribution < -0.4 is 10.2 Å². The number of hydrogen-bond acceptors (Lipinski definition) is 8. The van der Waals surface area contributed by atoms with Gasteiger partial charge in [0.05, 0.1) is 41.8 Å². The fraction of sp³-hybridized carbons (Fsp3) is 0.720. The van der Waals surface area contributed by atoms with Crippen molar-refractivity contribution in [3.8, 4) is 0 Å². The van der Waals surface area contributed by atoms with Gasteiger partial charge in [0.15, 0.2) is 0 Å². The van der Waals surface area contributed by atoms with Gasteiger partial charge in [-0.2, -0.15) is 0 Å². The second-order valence-electron chi connectivity index (χ2n) is 11.9. The number of nitrogens with zero attached hydrogens (tertiary/aromatic N) is 2. The second-order valence-corrected chi connectivity index (χ2v) is 14.3. The van der Waals surface area contributed by atoms with Crippen LogP contribution in [-0.4, -0.2) is 84.9 Å². The van der Waals surface area contributed by atoms with Gasteiger partial charge in [-0.05, 0) is 57.5 Å². The Hall–Kier alpha value is -2.29. The maximum atomic E-state index is 14.9. The minimum atomic E-state index is -3.34. The fourth-order valence-corrected chi connectivity index (χ4v) is 6.46. The van der Waals surface area contributed by atoms with Crippen molar-refractivity contribution in [2.75, 3.05) is 31.6 Å². The van der Waals surface area contributed by atoms with Gasteiger partial charge < -0.3 is 24.4 Å². The average Bonchev–Trinajstić information content (AvgIpc) is 3.25. The van der Waals surface area contributed by atoms with Crippen LogP contribution in [0, 0.1) is 0 Å². The number of rotatable bonds is 5. The number of halogens is 5. The molecule has 1 saturated heterocycles. The lowest BCUT2D eigenvalue weighted by Crippen LogP contribution is -2.58. The lowest BCUT2D eigenvalue weighted by molar-refractivity contribution is -0.00306. The number of alkyl carbamates (subject to hydrolysis) is 1. The Balaban J connectivity index is 2.06. The van der Waals surface area contributed by atoms with Crippen molar-refractivity contribution in [2.45, 2.75) is 89.5 Å². The Morgan fingerprint density at radius 3 is 2.20 bits per heavy atom. The first-order chi connectivity index (χ1) is 18.1. The van der Waals surface area contributed by atoms with Crippen LogP contribution in [0.15, 0.2) is 3.79 Å². The van der Waals surface area contributed by atoms with Crippen LogP contribution in [0.4, 0.5) is 32.8 Å². The van der Waals surface area contributed by atoms with Crippen molar-refractivity contribution < 1.29 is 46.2 Å². The van der Waals surface area contributed by atoms with E-state index < -0.39 is 85.8 Å². The van der Waals surface area contributed by atoms with Crippen molar-refractivity contribution in [3.05, 3.63) is 14.2 Å². The SMILES string of the molecule is COC(=O)c1sc(Br)c2c1N(C[C@@H](NC(=O)OC(C)(C)C)[C@@H]1CC(F)(F)CN1C(=O)OC(C)(C)C)CC(F)(F)C2. The summed E-state index contributed by atoms with van der Waals surface area (Å²) in [5, 5.41) is 2.52. The van der Waals surface area contributed by atoms with E-state index in [0.717, 1.165) is 28.2 Å². The van der Waals surface area contributed by atoms with Gasteiger partial charge in [0, 0.05) is 24.9 Å². The molecule has 0 spiro atoms. The standard InChI is InChI=1S/C25H34BrF4N3O6S/c1-22(2,3)38-20(35)31-14(15-9-25(29,30)12-33(15)21(36)39-23(4,5)6)10-32-11-24(27,28)8-13-16(32)17(19(34)37-7)40-18(13)26/h14-15H,8-12H2,1-7H3,(H,31,35)/t14-,15+/m1/s1. The van der Waals surface area contributed by atoms with Gasteiger partial charge in [-0.3, -0.25) is 4.90 Å². The van der Waals surface area contributed by atoms with Crippen LogP contribution in [0.25, 0.3) is 0 Å². The molecular formula is C25H34BrF4N3O6S. The van der Waals surface area contributed by atoms with Crippen LogP contribution in [-0.2, 0) is 20.6 Å². The van der Waals surface area contributed by atoms with Gasteiger partial charge in [0.25, 0.3) is 11.8 Å².